The van der Waals surface area contributed by atoms with Gasteiger partial charge in [-0.3, -0.25) is 9.78 Å². The van der Waals surface area contributed by atoms with Crippen molar-refractivity contribution in [3.63, 3.8) is 0 Å². The van der Waals surface area contributed by atoms with Gasteiger partial charge in [0.15, 0.2) is 0 Å². The van der Waals surface area contributed by atoms with Gasteiger partial charge in [0, 0.05) is 29.9 Å². The minimum Gasteiger partial charge on any atom is -0.497 e. The van der Waals surface area contributed by atoms with E-state index in [2.05, 4.69) is 27.4 Å². The van der Waals surface area contributed by atoms with Crippen LogP contribution >= 0.6 is 11.3 Å². The van der Waals surface area contributed by atoms with Crippen LogP contribution in [0.25, 0.3) is 10.6 Å². The number of nitrogens with zero attached hydrogens (tertiary/aromatic N) is 2. The van der Waals surface area contributed by atoms with Gasteiger partial charge in [-0.25, -0.2) is 4.98 Å². The van der Waals surface area contributed by atoms with Crippen molar-refractivity contribution in [1.82, 2.24) is 15.3 Å². The van der Waals surface area contributed by atoms with Crippen molar-refractivity contribution in [1.29, 1.82) is 0 Å². The number of rotatable bonds is 6. The molecular weight excluding hydrogens is 394 g/mol. The summed E-state index contributed by atoms with van der Waals surface area (Å²) in [4.78, 5) is 22.5. The van der Waals surface area contributed by atoms with E-state index in [-0.39, 0.29) is 11.3 Å². The molecule has 0 saturated heterocycles. The van der Waals surface area contributed by atoms with Gasteiger partial charge < -0.3 is 10.1 Å². The molecule has 2 aromatic heterocycles. The first kappa shape index (κ1) is 20.5. The minimum absolute atomic E-state index is 0.0229. The number of carbonyl (C=O) groups excluding carboxylic acids is 1. The molecule has 1 fully saturated rings. The number of aryl methyl sites for hydroxylation is 1. The molecule has 0 spiro atoms. The molecule has 1 aliphatic rings. The summed E-state index contributed by atoms with van der Waals surface area (Å²) in [6.07, 6.45) is 9.32. The van der Waals surface area contributed by atoms with E-state index in [4.69, 9.17) is 4.74 Å². The quantitative estimate of drug-likeness (QED) is 0.597. The molecule has 0 aliphatic heterocycles. The van der Waals surface area contributed by atoms with Crippen LogP contribution in [0.3, 0.4) is 0 Å². The molecule has 0 unspecified atom stereocenters. The zero-order valence-electron chi connectivity index (χ0n) is 17.5. The monoisotopic (exact) mass is 421 g/mol. The lowest BCUT2D eigenvalue weighted by molar-refractivity contribution is 0.0940. The molecule has 1 saturated carbocycles. The Morgan fingerprint density at radius 3 is 2.60 bits per heavy atom. The van der Waals surface area contributed by atoms with Crippen LogP contribution in [0, 0.1) is 6.92 Å². The summed E-state index contributed by atoms with van der Waals surface area (Å²) in [6.45, 7) is 2.53. The van der Waals surface area contributed by atoms with Gasteiger partial charge >= 0.3 is 0 Å². The number of thiazole rings is 1. The van der Waals surface area contributed by atoms with Crippen molar-refractivity contribution >= 4 is 17.2 Å². The van der Waals surface area contributed by atoms with E-state index in [1.54, 1.807) is 19.5 Å². The van der Waals surface area contributed by atoms with E-state index >= 15 is 0 Å². The van der Waals surface area contributed by atoms with Crippen LogP contribution < -0.4 is 10.1 Å². The highest BCUT2D eigenvalue weighted by Crippen LogP contribution is 2.39. The van der Waals surface area contributed by atoms with Crippen molar-refractivity contribution in [3.8, 4) is 16.3 Å². The molecule has 4 rings (SSSR count). The second-order valence-corrected chi connectivity index (χ2v) is 8.93. The number of ether oxygens (including phenoxy) is 1. The fraction of sp³-hybridized carbons (Fsp3) is 0.375. The van der Waals surface area contributed by atoms with E-state index in [0.717, 1.165) is 34.9 Å². The van der Waals surface area contributed by atoms with E-state index in [1.807, 2.05) is 31.2 Å². The highest BCUT2D eigenvalue weighted by molar-refractivity contribution is 7.17. The van der Waals surface area contributed by atoms with E-state index in [1.165, 1.54) is 36.2 Å². The van der Waals surface area contributed by atoms with Crippen LogP contribution in [0.4, 0.5) is 0 Å². The molecule has 2 heterocycles. The van der Waals surface area contributed by atoms with Crippen molar-refractivity contribution in [2.45, 2.75) is 44.4 Å². The maximum Gasteiger partial charge on any atom is 0.263 e. The van der Waals surface area contributed by atoms with E-state index in [0.29, 0.717) is 11.4 Å². The first-order valence-electron chi connectivity index (χ1n) is 10.4. The van der Waals surface area contributed by atoms with Crippen LogP contribution in [0.1, 0.15) is 53.0 Å². The Morgan fingerprint density at radius 2 is 1.93 bits per heavy atom. The topological polar surface area (TPSA) is 64.1 Å². The zero-order chi connectivity index (χ0) is 21.0. The fourth-order valence-corrected chi connectivity index (χ4v) is 5.26. The van der Waals surface area contributed by atoms with Gasteiger partial charge in [-0.15, -0.1) is 11.3 Å². The molecule has 0 bridgehead atoms. The molecular formula is C24H27N3O2S. The average Bonchev–Trinajstić information content (AvgIpc) is 3.20. The first-order valence-corrected chi connectivity index (χ1v) is 11.2. The van der Waals surface area contributed by atoms with Crippen LogP contribution in [-0.4, -0.2) is 29.5 Å². The number of hydrogen-bond acceptors (Lipinski definition) is 5. The minimum atomic E-state index is -0.0430. The number of nitrogens with one attached hydrogen (secondary N) is 1. The van der Waals surface area contributed by atoms with Gasteiger partial charge in [-0.05, 0) is 49.6 Å². The standard InChI is InChI=1S/C24H27N3O2S/c1-17-21(30-23(27-17)18-7-6-14-25-15-18)22(28)26-16-24(12-4-3-5-13-24)19-8-10-20(29-2)11-9-19/h6-11,14-15H,3-5,12-13,16H2,1-2H3,(H,26,28). The summed E-state index contributed by atoms with van der Waals surface area (Å²) < 4.78 is 5.32. The SMILES string of the molecule is COc1ccc(C2(CNC(=O)c3sc(-c4cccnc4)nc3C)CCCCC2)cc1. The van der Waals surface area contributed by atoms with Crippen LogP contribution in [0.2, 0.25) is 0 Å². The Hall–Kier alpha value is -2.73. The second-order valence-electron chi connectivity index (χ2n) is 7.93. The zero-order valence-corrected chi connectivity index (χ0v) is 18.3. The predicted octanol–water partition coefficient (Wildman–Crippen LogP) is 5.15. The summed E-state index contributed by atoms with van der Waals surface area (Å²) in [5.41, 5.74) is 2.95. The molecule has 1 aromatic carbocycles. The summed E-state index contributed by atoms with van der Waals surface area (Å²) in [5, 5.41) is 4.05. The highest BCUT2D eigenvalue weighted by atomic mass is 32.1. The molecule has 1 amide bonds. The van der Waals surface area contributed by atoms with Crippen molar-refractivity contribution in [2.75, 3.05) is 13.7 Å². The lowest BCUT2D eigenvalue weighted by Gasteiger charge is -2.38. The maximum atomic E-state index is 13.1. The largest absolute Gasteiger partial charge is 0.497 e. The Balaban J connectivity index is 1.52. The molecule has 5 nitrogen and oxygen atoms in total. The number of amides is 1. The summed E-state index contributed by atoms with van der Waals surface area (Å²) in [7, 11) is 1.68. The summed E-state index contributed by atoms with van der Waals surface area (Å²) in [5.74, 6) is 0.815. The van der Waals surface area contributed by atoms with Gasteiger partial charge in [0.25, 0.3) is 5.91 Å². The average molecular weight is 422 g/mol. The predicted molar refractivity (Wildman–Crippen MR) is 120 cm³/mol. The Kier molecular flexibility index (Phi) is 6.13. The number of carbonyl (C=O) groups is 1. The van der Waals surface area contributed by atoms with Crippen LogP contribution in [0.15, 0.2) is 48.8 Å². The molecule has 156 valence electrons. The third-order valence-corrected chi connectivity index (χ3v) is 7.22. The van der Waals surface area contributed by atoms with Crippen molar-refractivity contribution < 1.29 is 9.53 Å². The van der Waals surface area contributed by atoms with Gasteiger partial charge in [0.05, 0.1) is 12.8 Å². The molecule has 0 radical (unpaired) electrons. The van der Waals surface area contributed by atoms with Crippen molar-refractivity contribution in [3.05, 3.63) is 64.9 Å². The lowest BCUT2D eigenvalue weighted by Crippen LogP contribution is -2.42. The van der Waals surface area contributed by atoms with Gasteiger partial charge in [-0.1, -0.05) is 31.4 Å². The summed E-state index contributed by atoms with van der Waals surface area (Å²) >= 11 is 1.43. The number of benzene rings is 1. The molecule has 3 aromatic rings. The molecule has 6 heteroatoms. The number of pyridine rings is 1. The Bertz CT molecular complexity index is 993. The third-order valence-electron chi connectivity index (χ3n) is 6.01. The molecule has 1 N–H and O–H groups in total. The first-order chi connectivity index (χ1) is 14.6. The molecule has 1 aliphatic carbocycles. The van der Waals surface area contributed by atoms with E-state index in [9.17, 15) is 4.79 Å². The number of aromatic nitrogens is 2. The smallest absolute Gasteiger partial charge is 0.263 e. The molecule has 30 heavy (non-hydrogen) atoms. The number of hydrogen-bond donors (Lipinski definition) is 1. The highest BCUT2D eigenvalue weighted by Gasteiger charge is 2.34. The van der Waals surface area contributed by atoms with Crippen LogP contribution in [0.5, 0.6) is 5.75 Å². The Morgan fingerprint density at radius 1 is 1.17 bits per heavy atom. The molecule has 0 atom stereocenters. The lowest BCUT2D eigenvalue weighted by atomic mass is 9.69. The van der Waals surface area contributed by atoms with Gasteiger partial charge in [0.2, 0.25) is 0 Å². The van der Waals surface area contributed by atoms with Gasteiger partial charge in [0.1, 0.15) is 15.6 Å². The second kappa shape index (κ2) is 8.96. The normalized spacial score (nSPS) is 15.5. The van der Waals surface area contributed by atoms with Gasteiger partial charge in [-0.2, -0.15) is 0 Å². The number of methoxy groups -OCH3 is 1. The fourth-order valence-electron chi connectivity index (χ4n) is 4.29. The van der Waals surface area contributed by atoms with E-state index < -0.39 is 0 Å². The van der Waals surface area contributed by atoms with Crippen LogP contribution in [-0.2, 0) is 5.41 Å². The maximum absolute atomic E-state index is 13.1. The Labute approximate surface area is 181 Å². The third kappa shape index (κ3) is 4.24. The summed E-state index contributed by atoms with van der Waals surface area (Å²) in [6, 6.07) is 12.2. The van der Waals surface area contributed by atoms with Crippen molar-refractivity contribution in [2.24, 2.45) is 0 Å².